The van der Waals surface area contributed by atoms with Gasteiger partial charge in [-0.15, -0.1) is 0 Å². The second-order valence-corrected chi connectivity index (χ2v) is 7.64. The van der Waals surface area contributed by atoms with Crippen molar-refractivity contribution in [3.05, 3.63) is 0 Å². The molecule has 118 valence electrons. The molecule has 0 aromatic carbocycles. The molecule has 0 saturated heterocycles. The summed E-state index contributed by atoms with van der Waals surface area (Å²) in [4.78, 5) is 12.2. The Morgan fingerprint density at radius 2 is 1.60 bits per heavy atom. The van der Waals surface area contributed by atoms with Crippen LogP contribution in [0.3, 0.4) is 0 Å². The molecule has 0 heterocycles. The Kier molecular flexibility index (Phi) is 6.54. The van der Waals surface area contributed by atoms with Crippen molar-refractivity contribution in [3.8, 4) is 0 Å². The molecule has 0 atom stereocenters. The van der Waals surface area contributed by atoms with Gasteiger partial charge in [0.2, 0.25) is 0 Å². The minimum atomic E-state index is -0.199. The normalized spacial score (nSPS) is 18.1. The van der Waals surface area contributed by atoms with Crippen LogP contribution in [0.15, 0.2) is 0 Å². The Morgan fingerprint density at radius 3 is 2.05 bits per heavy atom. The molecule has 0 N–H and O–H groups in total. The highest BCUT2D eigenvalue weighted by molar-refractivity contribution is 5.70. The summed E-state index contributed by atoms with van der Waals surface area (Å²) < 4.78 is 6.03. The summed E-state index contributed by atoms with van der Waals surface area (Å²) in [5, 5.41) is 0. The van der Waals surface area contributed by atoms with E-state index in [1.54, 1.807) is 0 Å². The maximum Gasteiger partial charge on any atom is 0.306 e. The van der Waals surface area contributed by atoms with Crippen molar-refractivity contribution in [1.82, 2.24) is 0 Å². The third-order valence-electron chi connectivity index (χ3n) is 4.94. The van der Waals surface area contributed by atoms with Gasteiger partial charge in [-0.1, -0.05) is 53.9 Å². The fourth-order valence-electron chi connectivity index (χ4n) is 3.44. The van der Waals surface area contributed by atoms with Gasteiger partial charge < -0.3 is 4.74 Å². The molecule has 2 heteroatoms. The topological polar surface area (TPSA) is 26.3 Å². The molecule has 1 aliphatic rings. The minimum absolute atomic E-state index is 0.00852. The number of hydrogen-bond acceptors (Lipinski definition) is 2. The van der Waals surface area contributed by atoms with Crippen molar-refractivity contribution in [2.45, 2.75) is 98.0 Å². The van der Waals surface area contributed by atoms with Gasteiger partial charge in [-0.25, -0.2) is 0 Å². The molecule has 0 aliphatic heterocycles. The van der Waals surface area contributed by atoms with E-state index in [2.05, 4.69) is 34.6 Å². The van der Waals surface area contributed by atoms with Crippen LogP contribution in [0.25, 0.3) is 0 Å². The van der Waals surface area contributed by atoms with Crippen molar-refractivity contribution in [1.29, 1.82) is 0 Å². The molecule has 2 nitrogen and oxygen atoms in total. The average Bonchev–Trinajstić information content (AvgIpc) is 2.43. The Balaban J connectivity index is 2.63. The summed E-state index contributed by atoms with van der Waals surface area (Å²) >= 11 is 0. The Labute approximate surface area is 125 Å². The van der Waals surface area contributed by atoms with Gasteiger partial charge in [-0.2, -0.15) is 0 Å². The lowest BCUT2D eigenvalue weighted by atomic mass is 9.74. The maximum atomic E-state index is 12.2. The summed E-state index contributed by atoms with van der Waals surface area (Å²) in [6.45, 7) is 10.9. The highest BCUT2D eigenvalue weighted by Gasteiger charge is 2.39. The molecule has 0 bridgehead atoms. The van der Waals surface area contributed by atoms with Crippen LogP contribution < -0.4 is 0 Å². The van der Waals surface area contributed by atoms with Gasteiger partial charge in [-0.3, -0.25) is 4.79 Å². The van der Waals surface area contributed by atoms with Gasteiger partial charge in [0.15, 0.2) is 0 Å². The molecule has 0 unspecified atom stereocenters. The molecule has 1 rings (SSSR count). The molecule has 1 saturated carbocycles. The van der Waals surface area contributed by atoms with E-state index in [1.807, 2.05) is 0 Å². The highest BCUT2D eigenvalue weighted by atomic mass is 16.6. The first-order valence-electron chi connectivity index (χ1n) is 8.55. The molecule has 0 aromatic rings. The average molecular weight is 282 g/mol. The smallest absolute Gasteiger partial charge is 0.306 e. The van der Waals surface area contributed by atoms with Gasteiger partial charge in [0.1, 0.15) is 5.60 Å². The largest absolute Gasteiger partial charge is 0.459 e. The summed E-state index contributed by atoms with van der Waals surface area (Å²) in [5.41, 5.74) is 0.000333. The number of ether oxygens (including phenoxy) is 1. The van der Waals surface area contributed by atoms with Crippen LogP contribution in [0.1, 0.15) is 92.4 Å². The monoisotopic (exact) mass is 282 g/mol. The molecule has 0 amide bonds. The van der Waals surface area contributed by atoms with Crippen LogP contribution >= 0.6 is 0 Å². The van der Waals surface area contributed by atoms with Crippen molar-refractivity contribution in [2.24, 2.45) is 11.3 Å². The summed E-state index contributed by atoms with van der Waals surface area (Å²) in [7, 11) is 0. The third kappa shape index (κ3) is 5.10. The first-order chi connectivity index (χ1) is 9.33. The molecule has 0 radical (unpaired) electrons. The number of esters is 1. The highest BCUT2D eigenvalue weighted by Crippen LogP contribution is 2.40. The van der Waals surface area contributed by atoms with Gasteiger partial charge >= 0.3 is 5.97 Å². The zero-order chi connectivity index (χ0) is 15.2. The van der Waals surface area contributed by atoms with Gasteiger partial charge in [0.05, 0.1) is 0 Å². The van der Waals surface area contributed by atoms with E-state index in [0.29, 0.717) is 12.3 Å². The second kappa shape index (κ2) is 7.47. The summed E-state index contributed by atoms with van der Waals surface area (Å²) in [5.74, 6) is 0.582. The van der Waals surface area contributed by atoms with E-state index in [1.165, 1.54) is 32.1 Å². The van der Waals surface area contributed by atoms with Crippen LogP contribution in [0.5, 0.6) is 0 Å². The van der Waals surface area contributed by atoms with Crippen LogP contribution in [-0.4, -0.2) is 11.6 Å². The fraction of sp³-hybridized carbons (Fsp3) is 0.944. The van der Waals surface area contributed by atoms with E-state index in [-0.39, 0.29) is 17.0 Å². The molecule has 1 fully saturated rings. The molecular formula is C18H34O2. The molecule has 1 aliphatic carbocycles. The van der Waals surface area contributed by atoms with Crippen LogP contribution in [0.4, 0.5) is 0 Å². The lowest BCUT2D eigenvalue weighted by molar-refractivity contribution is -0.170. The van der Waals surface area contributed by atoms with Crippen molar-refractivity contribution < 1.29 is 9.53 Å². The van der Waals surface area contributed by atoms with Gasteiger partial charge in [0, 0.05) is 6.42 Å². The Hall–Kier alpha value is -0.530. The van der Waals surface area contributed by atoms with Crippen molar-refractivity contribution in [3.63, 3.8) is 0 Å². The zero-order valence-corrected chi connectivity index (χ0v) is 14.3. The SMILES string of the molecule is CCC(CC)(OC(=O)CCC(C)(C)C)C1CCCCC1. The number of carbonyl (C=O) groups is 1. The van der Waals surface area contributed by atoms with E-state index in [4.69, 9.17) is 4.74 Å². The number of hydrogen-bond donors (Lipinski definition) is 0. The third-order valence-corrected chi connectivity index (χ3v) is 4.94. The van der Waals surface area contributed by atoms with E-state index < -0.39 is 0 Å². The minimum Gasteiger partial charge on any atom is -0.459 e. The zero-order valence-electron chi connectivity index (χ0n) is 14.3. The van der Waals surface area contributed by atoms with E-state index in [0.717, 1.165) is 19.3 Å². The first-order valence-corrected chi connectivity index (χ1v) is 8.55. The summed E-state index contributed by atoms with van der Waals surface area (Å²) in [6, 6.07) is 0. The molecule has 0 aromatic heterocycles. The van der Waals surface area contributed by atoms with Crippen LogP contribution in [0.2, 0.25) is 0 Å². The first kappa shape index (κ1) is 17.5. The Bertz CT molecular complexity index is 291. The molecular weight excluding hydrogens is 248 g/mol. The standard InChI is InChI=1S/C18H34O2/c1-6-18(7-2,15-11-9-8-10-12-15)20-16(19)13-14-17(3,4)5/h15H,6-14H2,1-5H3. The van der Waals surface area contributed by atoms with Crippen LogP contribution in [-0.2, 0) is 9.53 Å². The lowest BCUT2D eigenvalue weighted by Crippen LogP contribution is -2.42. The van der Waals surface area contributed by atoms with Crippen molar-refractivity contribution in [2.75, 3.05) is 0 Å². The van der Waals surface area contributed by atoms with Gasteiger partial charge in [-0.05, 0) is 43.4 Å². The van der Waals surface area contributed by atoms with Crippen LogP contribution in [0, 0.1) is 11.3 Å². The second-order valence-electron chi connectivity index (χ2n) is 7.64. The predicted octanol–water partition coefficient (Wildman–Crippen LogP) is 5.50. The summed E-state index contributed by atoms with van der Waals surface area (Å²) in [6.07, 6.45) is 9.77. The van der Waals surface area contributed by atoms with Gasteiger partial charge in [0.25, 0.3) is 0 Å². The van der Waals surface area contributed by atoms with Crippen molar-refractivity contribution >= 4 is 5.97 Å². The molecule has 0 spiro atoms. The fourth-order valence-corrected chi connectivity index (χ4v) is 3.44. The predicted molar refractivity (Wildman–Crippen MR) is 84.7 cm³/mol. The Morgan fingerprint density at radius 1 is 1.05 bits per heavy atom. The number of carbonyl (C=O) groups excluding carboxylic acids is 1. The molecule has 20 heavy (non-hydrogen) atoms. The van der Waals surface area contributed by atoms with E-state index in [9.17, 15) is 4.79 Å². The lowest BCUT2D eigenvalue weighted by Gasteiger charge is -2.41. The quantitative estimate of drug-likeness (QED) is 0.602. The number of rotatable bonds is 6. The maximum absolute atomic E-state index is 12.2. The van der Waals surface area contributed by atoms with E-state index >= 15 is 0 Å².